The van der Waals surface area contributed by atoms with Gasteiger partial charge in [-0.1, -0.05) is 11.2 Å². The molecule has 6 rings (SSSR count). The van der Waals surface area contributed by atoms with Crippen molar-refractivity contribution in [1.82, 2.24) is 54.8 Å². The third-order valence-electron chi connectivity index (χ3n) is 6.42. The Labute approximate surface area is 219 Å². The lowest BCUT2D eigenvalue weighted by Gasteiger charge is -2.34. The number of Topliss-reactive ketones (excluding diaryl/α,β-unsaturated/α-hetero) is 1. The number of pyridine rings is 2. The minimum atomic E-state index is -0.674. The van der Waals surface area contributed by atoms with Crippen molar-refractivity contribution in [2.45, 2.75) is 6.92 Å². The number of amides is 1. The first kappa shape index (κ1) is 24.0. The van der Waals surface area contributed by atoms with Gasteiger partial charge in [0.05, 0.1) is 29.8 Å². The van der Waals surface area contributed by atoms with Gasteiger partial charge in [0.1, 0.15) is 23.7 Å². The zero-order chi connectivity index (χ0) is 27.1. The first-order valence-electron chi connectivity index (χ1n) is 11.9. The second-order valence-corrected chi connectivity index (χ2v) is 8.74. The highest BCUT2D eigenvalue weighted by Gasteiger charge is 2.31. The highest BCUT2D eigenvalue weighted by atomic mass is 16.5. The Balaban J connectivity index is 1.22. The van der Waals surface area contributed by atoms with Crippen LogP contribution in [-0.4, -0.2) is 99.8 Å². The number of nitrogens with zero attached hydrogens (tertiary/aromatic N) is 10. The number of aromatic nitrogens is 10. The molecule has 1 aliphatic heterocycles. The monoisotopic (exact) mass is 530 g/mol. The van der Waals surface area contributed by atoms with Crippen molar-refractivity contribution in [3.05, 3.63) is 58.7 Å². The number of tetrazole rings is 1. The fourth-order valence-corrected chi connectivity index (χ4v) is 4.52. The summed E-state index contributed by atoms with van der Waals surface area (Å²) in [6.07, 6.45) is 4.47. The molecular weight excluding hydrogens is 508 g/mol. The van der Waals surface area contributed by atoms with Crippen molar-refractivity contribution in [1.29, 1.82) is 0 Å². The molecule has 0 atom stereocenters. The summed E-state index contributed by atoms with van der Waals surface area (Å²) in [7, 11) is 1.47. The number of H-pyrrole nitrogens is 2. The lowest BCUT2D eigenvalue weighted by atomic mass is 10.1. The quantitative estimate of drug-likeness (QED) is 0.216. The van der Waals surface area contributed by atoms with E-state index in [9.17, 15) is 14.4 Å². The highest BCUT2D eigenvalue weighted by molar-refractivity contribution is 6.45. The molecule has 16 heteroatoms. The van der Waals surface area contributed by atoms with E-state index < -0.39 is 11.7 Å². The van der Waals surface area contributed by atoms with Crippen LogP contribution in [0.15, 0.2) is 41.7 Å². The Morgan fingerprint density at radius 2 is 1.92 bits per heavy atom. The van der Waals surface area contributed by atoms with Crippen LogP contribution in [0.1, 0.15) is 16.2 Å². The maximum Gasteiger partial charge on any atom is 0.295 e. The Hall–Kier alpha value is -5.41. The Morgan fingerprint density at radius 1 is 1.10 bits per heavy atom. The van der Waals surface area contributed by atoms with Crippen LogP contribution in [0.25, 0.3) is 22.5 Å². The Kier molecular flexibility index (Phi) is 5.82. The number of rotatable bonds is 6. The molecule has 5 aromatic heterocycles. The maximum atomic E-state index is 13.4. The van der Waals surface area contributed by atoms with E-state index in [0.717, 1.165) is 0 Å². The molecule has 0 aromatic carbocycles. The number of ether oxygens (including phenoxy) is 1. The van der Waals surface area contributed by atoms with Crippen molar-refractivity contribution >= 4 is 28.5 Å². The van der Waals surface area contributed by atoms with Gasteiger partial charge in [0.15, 0.2) is 5.82 Å². The molecule has 16 nitrogen and oxygen atoms in total. The Morgan fingerprint density at radius 3 is 2.64 bits per heavy atom. The summed E-state index contributed by atoms with van der Waals surface area (Å²) in [4.78, 5) is 56.1. The predicted molar refractivity (Wildman–Crippen MR) is 135 cm³/mol. The zero-order valence-electron chi connectivity index (χ0n) is 20.9. The fourth-order valence-electron chi connectivity index (χ4n) is 4.52. The first-order chi connectivity index (χ1) is 18.9. The van der Waals surface area contributed by atoms with Crippen molar-refractivity contribution in [2.24, 2.45) is 0 Å². The fraction of sp³-hybridized carbons (Fsp3) is 0.261. The van der Waals surface area contributed by atoms with Gasteiger partial charge in [0, 0.05) is 38.4 Å². The van der Waals surface area contributed by atoms with E-state index in [1.807, 2.05) is 4.90 Å². The summed E-state index contributed by atoms with van der Waals surface area (Å²) in [6.45, 7) is 3.06. The number of hydrogen-bond acceptors (Lipinski definition) is 11. The van der Waals surface area contributed by atoms with Crippen molar-refractivity contribution in [3.63, 3.8) is 0 Å². The van der Waals surface area contributed by atoms with Crippen molar-refractivity contribution in [2.75, 3.05) is 38.2 Å². The van der Waals surface area contributed by atoms with E-state index in [4.69, 9.17) is 4.74 Å². The van der Waals surface area contributed by atoms with Gasteiger partial charge in [-0.25, -0.2) is 14.6 Å². The molecule has 0 aliphatic carbocycles. The molecule has 1 amide bonds. The third-order valence-corrected chi connectivity index (χ3v) is 6.42. The molecule has 0 radical (unpaired) electrons. The number of nitrogens with one attached hydrogen (secondary N) is 2. The molecule has 0 spiro atoms. The smallest absolute Gasteiger partial charge is 0.295 e. The predicted octanol–water partition coefficient (Wildman–Crippen LogP) is -0.344. The number of piperazine rings is 1. The van der Waals surface area contributed by atoms with E-state index in [-0.39, 0.29) is 24.2 Å². The van der Waals surface area contributed by atoms with Crippen molar-refractivity contribution in [3.8, 4) is 17.4 Å². The van der Waals surface area contributed by atoms with Gasteiger partial charge in [-0.15, -0.1) is 0 Å². The molecule has 1 saturated heterocycles. The van der Waals surface area contributed by atoms with E-state index in [1.165, 1.54) is 46.2 Å². The number of fused-ring (bicyclic) bond motifs is 1. The van der Waals surface area contributed by atoms with Crippen LogP contribution in [-0.2, 0) is 4.79 Å². The largest absolute Gasteiger partial charge is 0.494 e. The molecule has 198 valence electrons. The highest BCUT2D eigenvalue weighted by Crippen LogP contribution is 2.32. The summed E-state index contributed by atoms with van der Waals surface area (Å²) in [5.74, 6) is 0.845. The summed E-state index contributed by atoms with van der Waals surface area (Å²) < 4.78 is 8.36. The molecular formula is C23H22N12O4. The van der Waals surface area contributed by atoms with Gasteiger partial charge in [0.25, 0.3) is 17.6 Å². The lowest BCUT2D eigenvalue weighted by molar-refractivity contribution is -0.126. The van der Waals surface area contributed by atoms with Gasteiger partial charge in [-0.2, -0.15) is 9.78 Å². The molecule has 1 fully saturated rings. The topological polar surface area (TPSA) is 186 Å². The molecule has 0 unspecified atom stereocenters. The number of ketones is 1. The van der Waals surface area contributed by atoms with Crippen LogP contribution in [0.2, 0.25) is 0 Å². The van der Waals surface area contributed by atoms with E-state index in [2.05, 4.69) is 40.6 Å². The van der Waals surface area contributed by atoms with E-state index in [1.54, 1.807) is 19.1 Å². The standard InChI is InChI=1S/C23H22N12O4/c1-13-26-12-34(29-13)21-19-18(15(39-2)11-25-21)14(10-24-19)20(37)22(38)32-6-8-33(9-7-32)23-28-30-31-35(23)16-4-3-5-17(36)27-16/h3-5,10-12,24H,6-9H2,1-2H3,(H,27,36). The number of aromatic amines is 2. The van der Waals surface area contributed by atoms with Crippen LogP contribution in [0.3, 0.4) is 0 Å². The molecule has 1 aliphatic rings. The summed E-state index contributed by atoms with van der Waals surface area (Å²) in [6, 6.07) is 4.68. The number of carbonyl (C=O) groups excluding carboxylic acids is 2. The average Bonchev–Trinajstić information content (AvgIpc) is 3.72. The molecule has 0 bridgehead atoms. The minimum absolute atomic E-state index is 0.173. The van der Waals surface area contributed by atoms with Crippen LogP contribution in [0.5, 0.6) is 5.75 Å². The second-order valence-electron chi connectivity index (χ2n) is 8.74. The molecule has 39 heavy (non-hydrogen) atoms. The van der Waals surface area contributed by atoms with Crippen LogP contribution in [0.4, 0.5) is 5.95 Å². The second kappa shape index (κ2) is 9.47. The van der Waals surface area contributed by atoms with Gasteiger partial charge < -0.3 is 24.5 Å². The van der Waals surface area contributed by atoms with Gasteiger partial charge in [-0.05, 0) is 23.4 Å². The Bertz CT molecular complexity index is 1760. The third kappa shape index (κ3) is 4.16. The van der Waals surface area contributed by atoms with Crippen LogP contribution < -0.4 is 15.2 Å². The van der Waals surface area contributed by atoms with E-state index in [0.29, 0.717) is 53.2 Å². The van der Waals surface area contributed by atoms with Crippen LogP contribution >= 0.6 is 0 Å². The molecule has 6 heterocycles. The maximum absolute atomic E-state index is 13.4. The summed E-state index contributed by atoms with van der Waals surface area (Å²) in [5.41, 5.74) is 0.383. The number of methoxy groups -OCH3 is 1. The summed E-state index contributed by atoms with van der Waals surface area (Å²) >= 11 is 0. The van der Waals surface area contributed by atoms with Crippen molar-refractivity contribution < 1.29 is 14.3 Å². The summed E-state index contributed by atoms with van der Waals surface area (Å²) in [5, 5.41) is 16.5. The number of aryl methyl sites for hydroxylation is 1. The first-order valence-corrected chi connectivity index (χ1v) is 11.9. The number of hydrogen-bond donors (Lipinski definition) is 2. The number of carbonyl (C=O) groups is 2. The number of anilines is 1. The lowest BCUT2D eigenvalue weighted by Crippen LogP contribution is -2.51. The average molecular weight is 531 g/mol. The van der Waals surface area contributed by atoms with E-state index >= 15 is 0 Å². The SMILES string of the molecule is COc1cnc(-n2cnc(C)n2)c2[nH]cc(C(=O)C(=O)N3CCN(c4nnnn4-c4cccc(=O)[nH]4)CC3)c12. The minimum Gasteiger partial charge on any atom is -0.494 e. The molecule has 5 aromatic rings. The molecule has 2 N–H and O–H groups in total. The van der Waals surface area contributed by atoms with Gasteiger partial charge in [-0.3, -0.25) is 14.4 Å². The van der Waals surface area contributed by atoms with Gasteiger partial charge >= 0.3 is 0 Å². The normalized spacial score (nSPS) is 13.7. The molecule has 0 saturated carbocycles. The zero-order valence-corrected chi connectivity index (χ0v) is 20.9. The van der Waals surface area contributed by atoms with Gasteiger partial charge in [0.2, 0.25) is 5.56 Å². The van der Waals surface area contributed by atoms with Crippen LogP contribution in [0, 0.1) is 6.92 Å².